The molecule has 3 rings (SSSR count). The topological polar surface area (TPSA) is 74.2 Å². The fraction of sp³-hybridized carbons (Fsp3) is 0.111. The van der Waals surface area contributed by atoms with Crippen molar-refractivity contribution >= 4 is 17.2 Å². The molecular weight excluding hydrogens is 341 g/mol. The summed E-state index contributed by atoms with van der Waals surface area (Å²) < 4.78 is 12.9. The van der Waals surface area contributed by atoms with Gasteiger partial charge in [-0.1, -0.05) is 18.2 Å². The first-order valence-electron chi connectivity index (χ1n) is 7.61. The number of hydroxylamine groups is 1. The SMILES string of the molecule is O=C(NO)c1ccc(-c2cccc(CNCc3ccc(F)cc3)n2)s1. The van der Waals surface area contributed by atoms with Gasteiger partial charge in [0.15, 0.2) is 0 Å². The van der Waals surface area contributed by atoms with Gasteiger partial charge in [-0.25, -0.2) is 9.87 Å². The molecule has 2 aromatic heterocycles. The molecule has 0 aliphatic heterocycles. The van der Waals surface area contributed by atoms with E-state index in [-0.39, 0.29) is 5.82 Å². The summed E-state index contributed by atoms with van der Waals surface area (Å²) in [6.07, 6.45) is 0. The molecule has 0 unspecified atom stereocenters. The molecule has 3 aromatic rings. The quantitative estimate of drug-likeness (QED) is 0.467. The monoisotopic (exact) mass is 357 g/mol. The highest BCUT2D eigenvalue weighted by Crippen LogP contribution is 2.26. The van der Waals surface area contributed by atoms with Gasteiger partial charge < -0.3 is 5.32 Å². The predicted molar refractivity (Wildman–Crippen MR) is 93.7 cm³/mol. The fourth-order valence-electron chi connectivity index (χ4n) is 2.31. The molecule has 0 bridgehead atoms. The standard InChI is InChI=1S/C18H16FN3O2S/c19-13-6-4-12(5-7-13)10-20-11-14-2-1-3-15(21-14)16-8-9-17(25-16)18(23)22-24/h1-9,20,24H,10-11H2,(H,22,23). The van der Waals surface area contributed by atoms with Crippen LogP contribution in [0.25, 0.3) is 10.6 Å². The lowest BCUT2D eigenvalue weighted by molar-refractivity contribution is 0.0711. The second-order valence-electron chi connectivity index (χ2n) is 5.35. The maximum Gasteiger partial charge on any atom is 0.284 e. The number of carbonyl (C=O) groups excluding carboxylic acids is 1. The molecule has 25 heavy (non-hydrogen) atoms. The third kappa shape index (κ3) is 4.48. The Morgan fingerprint density at radius 1 is 1.08 bits per heavy atom. The van der Waals surface area contributed by atoms with Gasteiger partial charge in [0.05, 0.1) is 21.1 Å². The third-order valence-corrected chi connectivity index (χ3v) is 4.65. The molecule has 128 valence electrons. The van der Waals surface area contributed by atoms with E-state index in [1.165, 1.54) is 23.5 Å². The van der Waals surface area contributed by atoms with Gasteiger partial charge in [0, 0.05) is 13.1 Å². The summed E-state index contributed by atoms with van der Waals surface area (Å²) in [6.45, 7) is 1.19. The van der Waals surface area contributed by atoms with Crippen LogP contribution >= 0.6 is 11.3 Å². The van der Waals surface area contributed by atoms with Crippen LogP contribution in [0.2, 0.25) is 0 Å². The van der Waals surface area contributed by atoms with Gasteiger partial charge in [0.2, 0.25) is 0 Å². The summed E-state index contributed by atoms with van der Waals surface area (Å²) in [5.74, 6) is -0.781. The number of thiophene rings is 1. The Morgan fingerprint density at radius 2 is 1.88 bits per heavy atom. The predicted octanol–water partition coefficient (Wildman–Crippen LogP) is 3.36. The molecule has 0 aliphatic carbocycles. The number of pyridine rings is 1. The van der Waals surface area contributed by atoms with Gasteiger partial charge >= 0.3 is 0 Å². The summed E-state index contributed by atoms with van der Waals surface area (Å²) in [6, 6.07) is 15.5. The van der Waals surface area contributed by atoms with E-state index < -0.39 is 5.91 Å². The van der Waals surface area contributed by atoms with E-state index in [0.717, 1.165) is 21.8 Å². The zero-order chi connectivity index (χ0) is 17.6. The summed E-state index contributed by atoms with van der Waals surface area (Å²) in [5.41, 5.74) is 4.25. The Hall–Kier alpha value is -2.61. The minimum atomic E-state index is -0.534. The van der Waals surface area contributed by atoms with Crippen molar-refractivity contribution in [3.8, 4) is 10.6 Å². The zero-order valence-corrected chi connectivity index (χ0v) is 14.0. The summed E-state index contributed by atoms with van der Waals surface area (Å²) in [5, 5.41) is 12.0. The molecule has 5 nitrogen and oxygen atoms in total. The Labute approximate surface area is 148 Å². The van der Waals surface area contributed by atoms with Crippen molar-refractivity contribution < 1.29 is 14.4 Å². The first-order chi connectivity index (χ1) is 12.2. The van der Waals surface area contributed by atoms with Crippen LogP contribution in [0.5, 0.6) is 0 Å². The Balaban J connectivity index is 1.64. The van der Waals surface area contributed by atoms with Crippen molar-refractivity contribution in [2.24, 2.45) is 0 Å². The molecule has 0 atom stereocenters. The molecule has 0 spiro atoms. The molecule has 2 heterocycles. The van der Waals surface area contributed by atoms with E-state index in [4.69, 9.17) is 5.21 Å². The average molecular weight is 357 g/mol. The highest BCUT2D eigenvalue weighted by Gasteiger charge is 2.10. The number of carbonyl (C=O) groups is 1. The van der Waals surface area contributed by atoms with Crippen LogP contribution in [0, 0.1) is 5.82 Å². The largest absolute Gasteiger partial charge is 0.307 e. The van der Waals surface area contributed by atoms with Crippen molar-refractivity contribution in [1.29, 1.82) is 0 Å². The second kappa shape index (κ2) is 7.98. The van der Waals surface area contributed by atoms with Gasteiger partial charge in [-0.05, 0) is 42.0 Å². The molecule has 0 radical (unpaired) electrons. The molecular formula is C18H16FN3O2S. The smallest absolute Gasteiger partial charge is 0.284 e. The van der Waals surface area contributed by atoms with Crippen molar-refractivity contribution in [1.82, 2.24) is 15.8 Å². The average Bonchev–Trinajstić information content (AvgIpc) is 3.13. The Kier molecular flexibility index (Phi) is 5.49. The van der Waals surface area contributed by atoms with E-state index in [1.54, 1.807) is 29.7 Å². The molecule has 0 aliphatic rings. The van der Waals surface area contributed by atoms with Crippen LogP contribution in [0.3, 0.4) is 0 Å². The normalized spacial score (nSPS) is 10.6. The van der Waals surface area contributed by atoms with E-state index in [0.29, 0.717) is 18.0 Å². The fourth-order valence-corrected chi connectivity index (χ4v) is 3.17. The number of hydrogen-bond acceptors (Lipinski definition) is 5. The zero-order valence-electron chi connectivity index (χ0n) is 13.2. The summed E-state index contributed by atoms with van der Waals surface area (Å²) in [7, 11) is 0. The lowest BCUT2D eigenvalue weighted by atomic mass is 10.2. The third-order valence-electron chi connectivity index (χ3n) is 3.54. The van der Waals surface area contributed by atoms with Crippen LogP contribution in [-0.4, -0.2) is 16.1 Å². The van der Waals surface area contributed by atoms with Crippen LogP contribution < -0.4 is 10.8 Å². The number of hydrogen-bond donors (Lipinski definition) is 3. The number of halogens is 1. The number of nitrogens with one attached hydrogen (secondary N) is 2. The summed E-state index contributed by atoms with van der Waals surface area (Å²) in [4.78, 5) is 17.3. The lowest BCUT2D eigenvalue weighted by Crippen LogP contribution is -2.16. The minimum absolute atomic E-state index is 0.247. The first-order valence-corrected chi connectivity index (χ1v) is 8.43. The number of amides is 1. The maximum absolute atomic E-state index is 12.9. The van der Waals surface area contributed by atoms with Crippen molar-refractivity contribution in [2.75, 3.05) is 0 Å². The molecule has 3 N–H and O–H groups in total. The van der Waals surface area contributed by atoms with Crippen LogP contribution in [0.15, 0.2) is 54.6 Å². The molecule has 1 aromatic carbocycles. The van der Waals surface area contributed by atoms with E-state index in [2.05, 4.69) is 10.3 Å². The number of nitrogens with zero attached hydrogens (tertiary/aromatic N) is 1. The van der Waals surface area contributed by atoms with Gasteiger partial charge in [-0.15, -0.1) is 11.3 Å². The molecule has 0 saturated carbocycles. The van der Waals surface area contributed by atoms with Crippen molar-refractivity contribution in [3.05, 3.63) is 76.5 Å². The second-order valence-corrected chi connectivity index (χ2v) is 6.43. The van der Waals surface area contributed by atoms with Crippen LogP contribution in [0.1, 0.15) is 20.9 Å². The number of benzene rings is 1. The summed E-state index contributed by atoms with van der Waals surface area (Å²) >= 11 is 1.26. The number of aromatic nitrogens is 1. The van der Waals surface area contributed by atoms with E-state index in [1.807, 2.05) is 18.2 Å². The minimum Gasteiger partial charge on any atom is -0.307 e. The Bertz CT molecular complexity index is 865. The van der Waals surface area contributed by atoms with Gasteiger partial charge in [-0.3, -0.25) is 15.0 Å². The van der Waals surface area contributed by atoms with Crippen molar-refractivity contribution in [3.63, 3.8) is 0 Å². The van der Waals surface area contributed by atoms with Gasteiger partial charge in [0.25, 0.3) is 5.91 Å². The maximum atomic E-state index is 12.9. The van der Waals surface area contributed by atoms with Crippen molar-refractivity contribution in [2.45, 2.75) is 13.1 Å². The molecule has 0 fully saturated rings. The van der Waals surface area contributed by atoms with E-state index >= 15 is 0 Å². The Morgan fingerprint density at radius 3 is 2.64 bits per heavy atom. The van der Waals surface area contributed by atoms with Gasteiger partial charge in [0.1, 0.15) is 5.82 Å². The van der Waals surface area contributed by atoms with Crippen LogP contribution in [0.4, 0.5) is 4.39 Å². The first kappa shape index (κ1) is 17.2. The highest BCUT2D eigenvalue weighted by molar-refractivity contribution is 7.17. The molecule has 1 amide bonds. The van der Waals surface area contributed by atoms with E-state index in [9.17, 15) is 9.18 Å². The lowest BCUT2D eigenvalue weighted by Gasteiger charge is -2.06. The molecule has 7 heteroatoms. The van der Waals surface area contributed by atoms with Crippen LogP contribution in [-0.2, 0) is 13.1 Å². The molecule has 0 saturated heterocycles. The number of rotatable bonds is 6. The van der Waals surface area contributed by atoms with Gasteiger partial charge in [-0.2, -0.15) is 0 Å². The highest BCUT2D eigenvalue weighted by atomic mass is 32.1.